The fraction of sp³-hybridized carbons (Fsp3) is 0.458. The highest BCUT2D eigenvalue weighted by atomic mass is 32.1. The van der Waals surface area contributed by atoms with E-state index in [2.05, 4.69) is 64.5 Å². The van der Waals surface area contributed by atoms with Crippen molar-refractivity contribution in [1.29, 1.82) is 0 Å². The van der Waals surface area contributed by atoms with Crippen LogP contribution in [0.3, 0.4) is 0 Å². The molecule has 1 N–H and O–H groups in total. The van der Waals surface area contributed by atoms with Crippen LogP contribution in [0.2, 0.25) is 0 Å². The minimum Gasteiger partial charge on any atom is -0.385 e. The van der Waals surface area contributed by atoms with E-state index in [1.807, 2.05) is 0 Å². The summed E-state index contributed by atoms with van der Waals surface area (Å²) in [6, 6.07) is 15.6. The Kier molecular flexibility index (Phi) is 5.42. The topological polar surface area (TPSA) is 31.4 Å². The van der Waals surface area contributed by atoms with E-state index in [0.29, 0.717) is 5.92 Å². The summed E-state index contributed by atoms with van der Waals surface area (Å²) in [4.78, 5) is 5.08. The maximum absolute atomic E-state index is 4.73. The Morgan fingerprint density at radius 3 is 2.86 bits per heavy atom. The minimum atomic E-state index is 0.682. The summed E-state index contributed by atoms with van der Waals surface area (Å²) in [5.41, 5.74) is 4.35. The van der Waals surface area contributed by atoms with E-state index >= 15 is 0 Å². The van der Waals surface area contributed by atoms with Crippen LogP contribution in [0, 0.1) is 0 Å². The Labute approximate surface area is 177 Å². The molecule has 1 fully saturated rings. The van der Waals surface area contributed by atoms with E-state index in [9.17, 15) is 0 Å². The number of nitrogens with one attached hydrogen (secondary N) is 1. The highest BCUT2D eigenvalue weighted by Gasteiger charge is 2.20. The number of aromatic nitrogens is 1. The van der Waals surface area contributed by atoms with E-state index < -0.39 is 0 Å². The molecule has 152 valence electrons. The number of aryl methyl sites for hydroxylation is 1. The summed E-state index contributed by atoms with van der Waals surface area (Å²) in [6.07, 6.45) is 3.66. The van der Waals surface area contributed by atoms with Gasteiger partial charge in [0.05, 0.1) is 4.70 Å². The minimum absolute atomic E-state index is 0.682. The summed E-state index contributed by atoms with van der Waals surface area (Å²) in [5.74, 6) is 1.86. The van der Waals surface area contributed by atoms with Gasteiger partial charge in [0.25, 0.3) is 0 Å². The third kappa shape index (κ3) is 3.99. The predicted molar refractivity (Wildman–Crippen MR) is 125 cm³/mol. The quantitative estimate of drug-likeness (QED) is 0.648. The summed E-state index contributed by atoms with van der Waals surface area (Å²) in [5, 5.41) is 4.84. The van der Waals surface area contributed by atoms with Gasteiger partial charge in [0.2, 0.25) is 0 Å². The van der Waals surface area contributed by atoms with Crippen molar-refractivity contribution in [2.75, 3.05) is 49.5 Å². The van der Waals surface area contributed by atoms with Crippen LogP contribution in [-0.4, -0.2) is 48.5 Å². The van der Waals surface area contributed by atoms with Gasteiger partial charge in [0.1, 0.15) is 5.82 Å². The van der Waals surface area contributed by atoms with Gasteiger partial charge in [0, 0.05) is 43.8 Å². The molecule has 1 aromatic heterocycles. The normalized spacial score (nSPS) is 19.9. The van der Waals surface area contributed by atoms with Gasteiger partial charge in [-0.15, -0.1) is 0 Å². The summed E-state index contributed by atoms with van der Waals surface area (Å²) in [7, 11) is 0. The second-order valence-electron chi connectivity index (χ2n) is 8.47. The van der Waals surface area contributed by atoms with Crippen LogP contribution < -0.4 is 10.2 Å². The lowest BCUT2D eigenvalue weighted by Gasteiger charge is -2.35. The van der Waals surface area contributed by atoms with Crippen molar-refractivity contribution < 1.29 is 0 Å². The summed E-state index contributed by atoms with van der Waals surface area (Å²) >= 11 is 1.62. The predicted octanol–water partition coefficient (Wildman–Crippen LogP) is 4.97. The van der Waals surface area contributed by atoms with E-state index in [-0.39, 0.29) is 0 Å². The van der Waals surface area contributed by atoms with Crippen molar-refractivity contribution in [3.8, 4) is 0 Å². The smallest absolute Gasteiger partial charge is 0.150 e. The van der Waals surface area contributed by atoms with E-state index in [1.54, 1.807) is 11.5 Å². The number of piperazine rings is 1. The number of hydrogen-bond acceptors (Lipinski definition) is 5. The molecule has 2 aliphatic heterocycles. The van der Waals surface area contributed by atoms with Gasteiger partial charge >= 0.3 is 0 Å². The van der Waals surface area contributed by atoms with Crippen molar-refractivity contribution in [1.82, 2.24) is 9.27 Å². The monoisotopic (exact) mass is 406 g/mol. The van der Waals surface area contributed by atoms with Crippen LogP contribution in [0.5, 0.6) is 0 Å². The summed E-state index contributed by atoms with van der Waals surface area (Å²) < 4.78 is 6.02. The van der Waals surface area contributed by atoms with Crippen LogP contribution in [0.15, 0.2) is 42.5 Å². The van der Waals surface area contributed by atoms with E-state index in [0.717, 1.165) is 32.7 Å². The van der Waals surface area contributed by atoms with Crippen LogP contribution in [0.25, 0.3) is 10.1 Å². The molecule has 1 atom stereocenters. The molecule has 2 aliphatic rings. The SMILES string of the molecule is C[C@@H]1CCNc2ccc(CCCN3CCN(c4nsc5ccccc45)CC3)cc21. The second kappa shape index (κ2) is 8.33. The number of rotatable bonds is 5. The van der Waals surface area contributed by atoms with Gasteiger partial charge < -0.3 is 10.2 Å². The van der Waals surface area contributed by atoms with Gasteiger partial charge in [-0.1, -0.05) is 31.2 Å². The molecule has 1 saturated heterocycles. The van der Waals surface area contributed by atoms with Crippen LogP contribution in [-0.2, 0) is 6.42 Å². The Hall–Kier alpha value is -2.11. The van der Waals surface area contributed by atoms with Gasteiger partial charge in [-0.3, -0.25) is 4.90 Å². The van der Waals surface area contributed by atoms with Crippen LogP contribution in [0.4, 0.5) is 11.5 Å². The fourth-order valence-corrected chi connectivity index (χ4v) is 5.50. The molecule has 0 unspecified atom stereocenters. The first kappa shape index (κ1) is 18.9. The molecule has 3 aromatic rings. The first-order valence-corrected chi connectivity index (χ1v) is 11.7. The molecule has 2 aromatic carbocycles. The maximum atomic E-state index is 4.73. The number of anilines is 2. The van der Waals surface area contributed by atoms with Gasteiger partial charge in [-0.25, -0.2) is 0 Å². The molecule has 0 amide bonds. The highest BCUT2D eigenvalue weighted by Crippen LogP contribution is 2.32. The Bertz CT molecular complexity index is 974. The zero-order chi connectivity index (χ0) is 19.6. The zero-order valence-corrected chi connectivity index (χ0v) is 18.0. The molecular weight excluding hydrogens is 376 g/mol. The molecule has 4 nitrogen and oxygen atoms in total. The van der Waals surface area contributed by atoms with Crippen LogP contribution >= 0.6 is 11.5 Å². The molecule has 0 radical (unpaired) electrons. The van der Waals surface area contributed by atoms with Crippen molar-refractivity contribution in [3.63, 3.8) is 0 Å². The third-order valence-corrected chi connectivity index (χ3v) is 7.33. The maximum Gasteiger partial charge on any atom is 0.150 e. The Morgan fingerprint density at radius 1 is 1.10 bits per heavy atom. The molecule has 0 saturated carbocycles. The second-order valence-corrected chi connectivity index (χ2v) is 9.28. The lowest BCUT2D eigenvalue weighted by atomic mass is 9.90. The Balaban J connectivity index is 1.13. The zero-order valence-electron chi connectivity index (χ0n) is 17.2. The van der Waals surface area contributed by atoms with Gasteiger partial charge in [-0.05, 0) is 72.6 Å². The van der Waals surface area contributed by atoms with E-state index in [1.165, 1.54) is 58.5 Å². The lowest BCUT2D eigenvalue weighted by molar-refractivity contribution is 0.255. The van der Waals surface area contributed by atoms with Crippen molar-refractivity contribution in [2.24, 2.45) is 0 Å². The van der Waals surface area contributed by atoms with Crippen molar-refractivity contribution >= 4 is 33.1 Å². The molecule has 5 rings (SSSR count). The first-order valence-electron chi connectivity index (χ1n) is 11.0. The molecule has 0 spiro atoms. The first-order chi connectivity index (χ1) is 14.3. The largest absolute Gasteiger partial charge is 0.385 e. The average Bonchev–Trinajstić information content (AvgIpc) is 3.19. The standard InChI is InChI=1S/C24H30N4S/c1-18-10-11-25-22-9-8-19(17-21(18)22)5-4-12-27-13-15-28(16-14-27)24-20-6-2-3-7-23(20)29-26-24/h2-3,6-9,17-18,25H,4-5,10-16H2,1H3/t18-/m1/s1. The molecule has 0 aliphatic carbocycles. The molecule has 3 heterocycles. The number of fused-ring (bicyclic) bond motifs is 2. The molecular formula is C24H30N4S. The molecule has 29 heavy (non-hydrogen) atoms. The number of benzene rings is 2. The molecule has 0 bridgehead atoms. The highest BCUT2D eigenvalue weighted by molar-refractivity contribution is 7.13. The van der Waals surface area contributed by atoms with Gasteiger partial charge in [0.15, 0.2) is 0 Å². The van der Waals surface area contributed by atoms with Gasteiger partial charge in [-0.2, -0.15) is 4.37 Å². The van der Waals surface area contributed by atoms with Crippen LogP contribution in [0.1, 0.15) is 36.8 Å². The van der Waals surface area contributed by atoms with Crippen molar-refractivity contribution in [3.05, 3.63) is 53.6 Å². The molecule has 5 heteroatoms. The number of nitrogens with zero attached hydrogens (tertiary/aromatic N) is 3. The summed E-state index contributed by atoms with van der Waals surface area (Å²) in [6.45, 7) is 9.08. The average molecular weight is 407 g/mol. The van der Waals surface area contributed by atoms with E-state index in [4.69, 9.17) is 4.37 Å². The number of hydrogen-bond donors (Lipinski definition) is 1. The fourth-order valence-electron chi connectivity index (χ4n) is 4.71. The third-order valence-electron chi connectivity index (χ3n) is 6.51. The lowest BCUT2D eigenvalue weighted by Crippen LogP contribution is -2.46. The van der Waals surface area contributed by atoms with Crippen molar-refractivity contribution in [2.45, 2.75) is 32.1 Å². The Morgan fingerprint density at radius 2 is 1.97 bits per heavy atom.